The summed E-state index contributed by atoms with van der Waals surface area (Å²) in [4.78, 5) is 28.6. The SMILES string of the molecule is CCOc1ccc2nc(Cl)c([C@@H]3CC(c4ccc(C)cc4)=NN3C(=O)CCCC(=O)O)cc2c1. The van der Waals surface area contributed by atoms with Gasteiger partial charge in [-0.3, -0.25) is 9.59 Å². The molecule has 2 aromatic carbocycles. The van der Waals surface area contributed by atoms with E-state index in [1.807, 2.05) is 62.4 Å². The highest BCUT2D eigenvalue weighted by Crippen LogP contribution is 2.38. The van der Waals surface area contributed by atoms with E-state index >= 15 is 0 Å². The molecule has 1 N–H and O–H groups in total. The predicted molar refractivity (Wildman–Crippen MR) is 131 cm³/mol. The molecule has 1 aliphatic heterocycles. The maximum atomic E-state index is 13.1. The van der Waals surface area contributed by atoms with Gasteiger partial charge in [-0.1, -0.05) is 41.4 Å². The summed E-state index contributed by atoms with van der Waals surface area (Å²) >= 11 is 6.61. The molecule has 2 heterocycles. The topological polar surface area (TPSA) is 92.1 Å². The lowest BCUT2D eigenvalue weighted by atomic mass is 9.97. The third-order valence-electron chi connectivity index (χ3n) is 5.77. The van der Waals surface area contributed by atoms with Crippen LogP contribution in [0.4, 0.5) is 0 Å². The average Bonchev–Trinajstić information content (AvgIpc) is 3.24. The first kappa shape index (κ1) is 23.7. The molecular weight excluding hydrogens is 454 g/mol. The Bertz CT molecular complexity index is 1260. The molecule has 0 unspecified atom stereocenters. The molecular formula is C26H26ClN3O4. The number of aromatic nitrogens is 1. The number of carbonyl (C=O) groups excluding carboxylic acids is 1. The minimum absolute atomic E-state index is 0.0722. The van der Waals surface area contributed by atoms with Crippen LogP contribution in [-0.4, -0.2) is 39.3 Å². The summed E-state index contributed by atoms with van der Waals surface area (Å²) in [6.07, 6.45) is 0.734. The van der Waals surface area contributed by atoms with Gasteiger partial charge < -0.3 is 9.84 Å². The fourth-order valence-electron chi connectivity index (χ4n) is 4.05. The highest BCUT2D eigenvalue weighted by atomic mass is 35.5. The number of aryl methyl sites for hydroxylation is 1. The van der Waals surface area contributed by atoms with Crippen LogP contribution in [0.2, 0.25) is 5.15 Å². The molecule has 0 spiro atoms. The number of amides is 1. The summed E-state index contributed by atoms with van der Waals surface area (Å²) in [7, 11) is 0. The number of carboxylic acid groups (broad SMARTS) is 1. The van der Waals surface area contributed by atoms with Gasteiger partial charge in [-0.15, -0.1) is 0 Å². The molecule has 1 aliphatic rings. The fraction of sp³-hybridized carbons (Fsp3) is 0.308. The van der Waals surface area contributed by atoms with Gasteiger partial charge in [0.2, 0.25) is 5.91 Å². The molecule has 0 radical (unpaired) electrons. The van der Waals surface area contributed by atoms with E-state index in [0.29, 0.717) is 23.7 Å². The molecule has 4 rings (SSSR count). The van der Waals surface area contributed by atoms with Crippen molar-refractivity contribution in [2.75, 3.05) is 6.61 Å². The van der Waals surface area contributed by atoms with E-state index in [1.54, 1.807) is 0 Å². The van der Waals surface area contributed by atoms with E-state index in [-0.39, 0.29) is 25.2 Å². The Morgan fingerprint density at radius 2 is 1.91 bits per heavy atom. The van der Waals surface area contributed by atoms with Gasteiger partial charge in [-0.05, 0) is 50.1 Å². The van der Waals surface area contributed by atoms with Gasteiger partial charge >= 0.3 is 5.97 Å². The van der Waals surface area contributed by atoms with Crippen LogP contribution in [-0.2, 0) is 9.59 Å². The third kappa shape index (κ3) is 5.20. The van der Waals surface area contributed by atoms with Crippen molar-refractivity contribution in [3.05, 3.63) is 70.4 Å². The van der Waals surface area contributed by atoms with E-state index in [9.17, 15) is 9.59 Å². The van der Waals surface area contributed by atoms with E-state index in [0.717, 1.165) is 33.5 Å². The van der Waals surface area contributed by atoms with Crippen LogP contribution in [0, 0.1) is 6.92 Å². The monoisotopic (exact) mass is 479 g/mol. The summed E-state index contributed by atoms with van der Waals surface area (Å²) in [6.45, 7) is 4.48. The van der Waals surface area contributed by atoms with Crippen molar-refractivity contribution >= 4 is 40.1 Å². The molecule has 1 aromatic heterocycles. The summed E-state index contributed by atoms with van der Waals surface area (Å²) < 4.78 is 5.62. The molecule has 0 saturated heterocycles. The number of hydrazone groups is 1. The quantitative estimate of drug-likeness (QED) is 0.429. The molecule has 1 amide bonds. The highest BCUT2D eigenvalue weighted by Gasteiger charge is 2.34. The molecule has 0 bridgehead atoms. The van der Waals surface area contributed by atoms with Crippen molar-refractivity contribution in [1.82, 2.24) is 9.99 Å². The van der Waals surface area contributed by atoms with Crippen molar-refractivity contribution in [3.8, 4) is 5.75 Å². The number of halogens is 1. The summed E-state index contributed by atoms with van der Waals surface area (Å²) in [5.41, 5.74) is 4.26. The van der Waals surface area contributed by atoms with E-state index in [2.05, 4.69) is 10.1 Å². The van der Waals surface area contributed by atoms with E-state index < -0.39 is 12.0 Å². The molecule has 7 nitrogen and oxygen atoms in total. The Kier molecular flexibility index (Phi) is 7.12. The zero-order valence-corrected chi connectivity index (χ0v) is 19.9. The number of carbonyl (C=O) groups is 2. The summed E-state index contributed by atoms with van der Waals surface area (Å²) in [6, 6.07) is 15.1. The maximum absolute atomic E-state index is 13.1. The van der Waals surface area contributed by atoms with Crippen LogP contribution in [0.3, 0.4) is 0 Å². The number of hydrogen-bond acceptors (Lipinski definition) is 5. The average molecular weight is 480 g/mol. The Morgan fingerprint density at radius 3 is 2.62 bits per heavy atom. The van der Waals surface area contributed by atoms with E-state index in [4.69, 9.17) is 21.4 Å². The van der Waals surface area contributed by atoms with Crippen LogP contribution in [0.5, 0.6) is 5.75 Å². The van der Waals surface area contributed by atoms with Gasteiger partial charge in [-0.25, -0.2) is 9.99 Å². The number of aliphatic carboxylic acids is 1. The largest absolute Gasteiger partial charge is 0.494 e. The smallest absolute Gasteiger partial charge is 0.303 e. The van der Waals surface area contributed by atoms with Crippen LogP contribution < -0.4 is 4.74 Å². The van der Waals surface area contributed by atoms with Gasteiger partial charge in [-0.2, -0.15) is 5.10 Å². The molecule has 0 fully saturated rings. The van der Waals surface area contributed by atoms with Crippen LogP contribution >= 0.6 is 11.6 Å². The number of rotatable bonds is 8. The van der Waals surface area contributed by atoms with Crippen LogP contribution in [0.15, 0.2) is 53.6 Å². The number of nitrogens with zero attached hydrogens (tertiary/aromatic N) is 3. The van der Waals surface area contributed by atoms with E-state index in [1.165, 1.54) is 5.01 Å². The Labute approximate surface area is 203 Å². The second-order valence-corrected chi connectivity index (χ2v) is 8.63. The molecule has 34 heavy (non-hydrogen) atoms. The lowest BCUT2D eigenvalue weighted by Gasteiger charge is -2.23. The Hall–Kier alpha value is -3.45. The zero-order chi connectivity index (χ0) is 24.2. The predicted octanol–water partition coefficient (Wildman–Crippen LogP) is 5.53. The standard InChI is InChI=1S/C26H26ClN3O4/c1-3-34-19-11-12-21-18(13-19)14-20(26(27)28-21)23-15-22(17-9-7-16(2)8-10-17)29-30(23)24(31)5-4-6-25(32)33/h7-14,23H,3-6,15H2,1-2H3,(H,32,33)/t23-/m0/s1. The number of carboxylic acids is 1. The molecule has 0 saturated carbocycles. The summed E-state index contributed by atoms with van der Waals surface area (Å²) in [5.74, 6) is -0.441. The maximum Gasteiger partial charge on any atom is 0.303 e. The van der Waals surface area contributed by atoms with Gasteiger partial charge in [0.25, 0.3) is 0 Å². The van der Waals surface area contributed by atoms with Gasteiger partial charge in [0.1, 0.15) is 10.9 Å². The molecule has 8 heteroatoms. The molecule has 176 valence electrons. The second-order valence-electron chi connectivity index (χ2n) is 8.27. The number of benzene rings is 2. The molecule has 3 aromatic rings. The Morgan fingerprint density at radius 1 is 1.15 bits per heavy atom. The third-order valence-corrected chi connectivity index (χ3v) is 6.07. The minimum Gasteiger partial charge on any atom is -0.494 e. The second kappa shape index (κ2) is 10.2. The number of hydrogen-bond donors (Lipinski definition) is 1. The zero-order valence-electron chi connectivity index (χ0n) is 19.1. The van der Waals surface area contributed by atoms with Crippen LogP contribution in [0.1, 0.15) is 55.3 Å². The Balaban J connectivity index is 1.70. The van der Waals surface area contributed by atoms with Gasteiger partial charge in [0.05, 0.1) is 23.9 Å². The van der Waals surface area contributed by atoms with Crippen LogP contribution in [0.25, 0.3) is 10.9 Å². The number of fused-ring (bicyclic) bond motifs is 1. The van der Waals surface area contributed by atoms with Crippen molar-refractivity contribution in [1.29, 1.82) is 0 Å². The number of pyridine rings is 1. The summed E-state index contributed by atoms with van der Waals surface area (Å²) in [5, 5.41) is 16.2. The fourth-order valence-corrected chi connectivity index (χ4v) is 4.32. The lowest BCUT2D eigenvalue weighted by Crippen LogP contribution is -2.27. The lowest BCUT2D eigenvalue weighted by molar-refractivity contribution is -0.137. The first-order chi connectivity index (χ1) is 16.4. The molecule has 0 aliphatic carbocycles. The first-order valence-corrected chi connectivity index (χ1v) is 11.6. The van der Waals surface area contributed by atoms with Gasteiger partial charge in [0, 0.05) is 30.2 Å². The van der Waals surface area contributed by atoms with Crippen molar-refractivity contribution in [2.45, 2.75) is 45.6 Å². The van der Waals surface area contributed by atoms with Gasteiger partial charge in [0.15, 0.2) is 0 Å². The molecule has 1 atom stereocenters. The minimum atomic E-state index is -0.929. The normalized spacial score (nSPS) is 15.4. The number of ether oxygens (including phenoxy) is 1. The van der Waals surface area contributed by atoms with Crippen molar-refractivity contribution in [2.24, 2.45) is 5.10 Å². The van der Waals surface area contributed by atoms with Crippen molar-refractivity contribution in [3.63, 3.8) is 0 Å². The first-order valence-electron chi connectivity index (χ1n) is 11.3. The van der Waals surface area contributed by atoms with Crippen molar-refractivity contribution < 1.29 is 19.4 Å². The highest BCUT2D eigenvalue weighted by molar-refractivity contribution is 6.30.